The second-order valence-corrected chi connectivity index (χ2v) is 6.09. The van der Waals surface area contributed by atoms with Crippen molar-refractivity contribution < 1.29 is 0 Å². The molecule has 0 unspecified atom stereocenters. The maximum absolute atomic E-state index is 6.10. The van der Waals surface area contributed by atoms with Gasteiger partial charge in [0, 0.05) is 25.0 Å². The number of hydrogen-bond donors (Lipinski definition) is 1. The lowest BCUT2D eigenvalue weighted by Gasteiger charge is -2.26. The van der Waals surface area contributed by atoms with E-state index in [1.807, 2.05) is 13.1 Å². The van der Waals surface area contributed by atoms with Crippen LogP contribution >= 0.6 is 0 Å². The van der Waals surface area contributed by atoms with Gasteiger partial charge in [-0.15, -0.1) is 0 Å². The van der Waals surface area contributed by atoms with E-state index >= 15 is 0 Å². The molecule has 1 aliphatic heterocycles. The summed E-state index contributed by atoms with van der Waals surface area (Å²) in [6, 6.07) is 0. The summed E-state index contributed by atoms with van der Waals surface area (Å²) in [6.07, 6.45) is 5.78. The topological polar surface area (TPSA) is 42.2 Å². The van der Waals surface area contributed by atoms with Gasteiger partial charge in [-0.25, -0.2) is 0 Å². The maximum atomic E-state index is 6.10. The molecule has 2 N–H and O–H groups in total. The van der Waals surface area contributed by atoms with E-state index in [1.165, 1.54) is 32.4 Å². The predicted molar refractivity (Wildman–Crippen MR) is 81.0 cm³/mol. The molecule has 0 bridgehead atoms. The third-order valence-corrected chi connectivity index (χ3v) is 5.07. The van der Waals surface area contributed by atoms with E-state index in [0.29, 0.717) is 5.41 Å². The van der Waals surface area contributed by atoms with Crippen molar-refractivity contribution in [3.63, 3.8) is 0 Å². The fourth-order valence-corrected chi connectivity index (χ4v) is 3.15. The Hall–Kier alpha value is -1.09. The molecule has 0 radical (unpaired) electrons. The lowest BCUT2D eigenvalue weighted by Crippen LogP contribution is -2.26. The number of hydrogen-bond acceptors (Lipinski definition) is 3. The van der Waals surface area contributed by atoms with Gasteiger partial charge in [0.05, 0.1) is 5.69 Å². The van der Waals surface area contributed by atoms with Gasteiger partial charge in [0.15, 0.2) is 0 Å². The number of pyridine rings is 1. The second-order valence-electron chi connectivity index (χ2n) is 6.09. The number of likely N-dealkylation sites (tertiary alicyclic amines) is 1. The highest BCUT2D eigenvalue weighted by molar-refractivity contribution is 5.53. The van der Waals surface area contributed by atoms with Crippen molar-refractivity contribution >= 4 is 5.69 Å². The third kappa shape index (κ3) is 2.76. The zero-order chi connectivity index (χ0) is 14.0. The number of nitrogens with two attached hydrogens (primary N) is 1. The first kappa shape index (κ1) is 14.3. The Morgan fingerprint density at radius 3 is 2.58 bits per heavy atom. The number of nitrogens with zero attached hydrogens (tertiary/aromatic N) is 2. The van der Waals surface area contributed by atoms with Crippen molar-refractivity contribution in [1.29, 1.82) is 0 Å². The van der Waals surface area contributed by atoms with E-state index in [0.717, 1.165) is 29.1 Å². The average Bonchev–Trinajstić information content (AvgIpc) is 2.84. The van der Waals surface area contributed by atoms with Crippen LogP contribution in [0.2, 0.25) is 0 Å². The summed E-state index contributed by atoms with van der Waals surface area (Å²) in [5.74, 6) is 0. The number of rotatable bonds is 4. The Bertz CT molecular complexity index is 450. The standard InChI is InChI=1S/C16H27N3/c1-5-16(6-2)7-8-19(11-16)10-14-13(4)15(17)12(3)9-18-14/h9H,5-8,10-11H2,1-4H3,(H2,17,18). The minimum absolute atomic E-state index is 0.532. The normalized spacial score (nSPS) is 18.9. The molecule has 19 heavy (non-hydrogen) atoms. The van der Waals surface area contributed by atoms with Crippen LogP contribution in [0.4, 0.5) is 5.69 Å². The van der Waals surface area contributed by atoms with Crippen LogP contribution in [-0.4, -0.2) is 23.0 Å². The molecule has 0 atom stereocenters. The van der Waals surface area contributed by atoms with Crippen molar-refractivity contribution in [2.45, 2.75) is 53.5 Å². The summed E-state index contributed by atoms with van der Waals surface area (Å²) in [4.78, 5) is 7.12. The number of nitrogen functional groups attached to an aromatic ring is 1. The highest BCUT2D eigenvalue weighted by atomic mass is 15.2. The smallest absolute Gasteiger partial charge is 0.0593 e. The highest BCUT2D eigenvalue weighted by Gasteiger charge is 2.34. The van der Waals surface area contributed by atoms with Gasteiger partial charge in [-0.05, 0) is 56.2 Å². The van der Waals surface area contributed by atoms with E-state index in [1.54, 1.807) is 0 Å². The largest absolute Gasteiger partial charge is 0.398 e. The summed E-state index contributed by atoms with van der Waals surface area (Å²) in [6.45, 7) is 12.1. The van der Waals surface area contributed by atoms with Gasteiger partial charge in [0.25, 0.3) is 0 Å². The summed E-state index contributed by atoms with van der Waals surface area (Å²) >= 11 is 0. The molecule has 3 heteroatoms. The molecule has 0 amide bonds. The average molecular weight is 261 g/mol. The zero-order valence-corrected chi connectivity index (χ0v) is 12.8. The molecule has 1 aromatic rings. The van der Waals surface area contributed by atoms with Gasteiger partial charge in [-0.2, -0.15) is 0 Å². The highest BCUT2D eigenvalue weighted by Crippen LogP contribution is 2.37. The van der Waals surface area contributed by atoms with Crippen LogP contribution in [0.25, 0.3) is 0 Å². The van der Waals surface area contributed by atoms with Gasteiger partial charge in [0.2, 0.25) is 0 Å². The minimum Gasteiger partial charge on any atom is -0.398 e. The zero-order valence-electron chi connectivity index (χ0n) is 12.8. The Labute approximate surface area is 117 Å². The molecule has 2 rings (SSSR count). The van der Waals surface area contributed by atoms with Crippen LogP contribution in [0.15, 0.2) is 6.20 Å². The lowest BCUT2D eigenvalue weighted by atomic mass is 9.82. The maximum Gasteiger partial charge on any atom is 0.0593 e. The molecular weight excluding hydrogens is 234 g/mol. The lowest BCUT2D eigenvalue weighted by molar-refractivity contribution is 0.234. The molecule has 0 aromatic carbocycles. The Morgan fingerprint density at radius 2 is 2.00 bits per heavy atom. The molecule has 106 valence electrons. The van der Waals surface area contributed by atoms with Crippen LogP contribution in [0.5, 0.6) is 0 Å². The van der Waals surface area contributed by atoms with E-state index in [2.05, 4.69) is 30.7 Å². The first-order valence-corrected chi connectivity index (χ1v) is 7.44. The number of aromatic nitrogens is 1. The van der Waals surface area contributed by atoms with Crippen molar-refractivity contribution in [1.82, 2.24) is 9.88 Å². The van der Waals surface area contributed by atoms with Gasteiger partial charge in [0.1, 0.15) is 0 Å². The molecule has 1 saturated heterocycles. The summed E-state index contributed by atoms with van der Waals surface area (Å²) in [7, 11) is 0. The van der Waals surface area contributed by atoms with Crippen molar-refractivity contribution in [3.8, 4) is 0 Å². The fourth-order valence-electron chi connectivity index (χ4n) is 3.15. The first-order chi connectivity index (χ1) is 9.01. The minimum atomic E-state index is 0.532. The molecule has 0 aliphatic carbocycles. The molecule has 1 aromatic heterocycles. The molecule has 0 spiro atoms. The van der Waals surface area contributed by atoms with Gasteiger partial charge in [-0.3, -0.25) is 9.88 Å². The van der Waals surface area contributed by atoms with E-state index < -0.39 is 0 Å². The molecule has 1 aliphatic rings. The molecule has 0 saturated carbocycles. The monoisotopic (exact) mass is 261 g/mol. The van der Waals surface area contributed by atoms with E-state index in [-0.39, 0.29) is 0 Å². The third-order valence-electron chi connectivity index (χ3n) is 5.07. The Kier molecular flexibility index (Phi) is 4.14. The van der Waals surface area contributed by atoms with Crippen LogP contribution in [0, 0.1) is 19.3 Å². The first-order valence-electron chi connectivity index (χ1n) is 7.44. The SMILES string of the molecule is CCC1(CC)CCN(Cc2ncc(C)c(N)c2C)C1. The van der Waals surface area contributed by atoms with Crippen molar-refractivity contribution in [2.24, 2.45) is 5.41 Å². The van der Waals surface area contributed by atoms with Crippen molar-refractivity contribution in [3.05, 3.63) is 23.0 Å². The predicted octanol–water partition coefficient (Wildman–Crippen LogP) is 3.29. The van der Waals surface area contributed by atoms with Crippen LogP contribution in [0.1, 0.15) is 49.9 Å². The molecular formula is C16H27N3. The summed E-state index contributed by atoms with van der Waals surface area (Å²) in [5.41, 5.74) is 10.9. The number of anilines is 1. The summed E-state index contributed by atoms with van der Waals surface area (Å²) < 4.78 is 0. The second kappa shape index (κ2) is 5.49. The fraction of sp³-hybridized carbons (Fsp3) is 0.688. The van der Waals surface area contributed by atoms with Crippen LogP contribution in [0.3, 0.4) is 0 Å². The summed E-state index contributed by atoms with van der Waals surface area (Å²) in [5, 5.41) is 0. The Morgan fingerprint density at radius 1 is 1.32 bits per heavy atom. The quantitative estimate of drug-likeness (QED) is 0.904. The van der Waals surface area contributed by atoms with Gasteiger partial charge < -0.3 is 5.73 Å². The molecule has 3 nitrogen and oxygen atoms in total. The van der Waals surface area contributed by atoms with Gasteiger partial charge >= 0.3 is 0 Å². The van der Waals surface area contributed by atoms with Crippen LogP contribution < -0.4 is 5.73 Å². The van der Waals surface area contributed by atoms with E-state index in [4.69, 9.17) is 5.73 Å². The molecule has 2 heterocycles. The van der Waals surface area contributed by atoms with Crippen molar-refractivity contribution in [2.75, 3.05) is 18.8 Å². The van der Waals surface area contributed by atoms with E-state index in [9.17, 15) is 0 Å². The van der Waals surface area contributed by atoms with Gasteiger partial charge in [-0.1, -0.05) is 13.8 Å². The van der Waals surface area contributed by atoms with Crippen LogP contribution in [-0.2, 0) is 6.54 Å². The molecule has 1 fully saturated rings. The number of aryl methyl sites for hydroxylation is 1. The Balaban J connectivity index is 2.10.